The van der Waals surface area contributed by atoms with Crippen LogP contribution in [0.25, 0.3) is 0 Å². The first-order valence-electron chi connectivity index (χ1n) is 4.84. The molecule has 1 nitrogen and oxygen atoms in total. The van der Waals surface area contributed by atoms with E-state index in [1.165, 1.54) is 0 Å². The molecular formula is C12H21N. The van der Waals surface area contributed by atoms with Crippen LogP contribution in [-0.4, -0.2) is 6.54 Å². The minimum absolute atomic E-state index is 0.148. The van der Waals surface area contributed by atoms with Crippen LogP contribution in [0.4, 0.5) is 0 Å². The van der Waals surface area contributed by atoms with Crippen molar-refractivity contribution < 1.29 is 0 Å². The third-order valence-corrected chi connectivity index (χ3v) is 1.69. The maximum Gasteiger partial charge on any atom is 0.0109 e. The molecule has 0 aromatic heterocycles. The van der Waals surface area contributed by atoms with Crippen LogP contribution in [0, 0.1) is 5.41 Å². The summed E-state index contributed by atoms with van der Waals surface area (Å²) in [6, 6.07) is 0. The third kappa shape index (κ3) is 7.54. The van der Waals surface area contributed by atoms with Gasteiger partial charge in [-0.05, 0) is 6.42 Å². The molecule has 0 unspecified atom stereocenters. The van der Waals surface area contributed by atoms with E-state index < -0.39 is 0 Å². The highest BCUT2D eigenvalue weighted by atomic mass is 14.5. The van der Waals surface area contributed by atoms with E-state index in [1.807, 2.05) is 18.2 Å². The molecule has 0 aliphatic heterocycles. The van der Waals surface area contributed by atoms with Gasteiger partial charge in [0.15, 0.2) is 0 Å². The molecule has 0 rings (SSSR count). The standard InChI is InChI=1S/C12H21N/c1-4-5-9-12(2,3)10-7-6-8-11-13/h5-10H,4,11,13H2,1-3H3/b8-6-,9-5-,10-7-. The van der Waals surface area contributed by atoms with Crippen molar-refractivity contribution in [3.63, 3.8) is 0 Å². The summed E-state index contributed by atoms with van der Waals surface area (Å²) in [6.07, 6.45) is 13.7. The highest BCUT2D eigenvalue weighted by Gasteiger charge is 2.06. The topological polar surface area (TPSA) is 26.0 Å². The van der Waals surface area contributed by atoms with Crippen molar-refractivity contribution in [2.75, 3.05) is 6.54 Å². The quantitative estimate of drug-likeness (QED) is 0.509. The molecule has 0 aromatic rings. The fourth-order valence-electron chi connectivity index (χ4n) is 0.938. The molecule has 0 aliphatic rings. The Morgan fingerprint density at radius 2 is 1.77 bits per heavy atom. The number of rotatable bonds is 5. The first-order chi connectivity index (χ1) is 6.12. The molecule has 0 spiro atoms. The number of hydrogen-bond donors (Lipinski definition) is 1. The lowest BCUT2D eigenvalue weighted by atomic mass is 9.92. The van der Waals surface area contributed by atoms with Gasteiger partial charge in [-0.3, -0.25) is 0 Å². The van der Waals surface area contributed by atoms with Crippen LogP contribution in [0.15, 0.2) is 36.5 Å². The van der Waals surface area contributed by atoms with Gasteiger partial charge in [-0.2, -0.15) is 0 Å². The summed E-state index contributed by atoms with van der Waals surface area (Å²) in [6.45, 7) is 7.12. The van der Waals surface area contributed by atoms with E-state index in [0.717, 1.165) is 6.42 Å². The largest absolute Gasteiger partial charge is 0.327 e. The zero-order valence-electron chi connectivity index (χ0n) is 8.96. The van der Waals surface area contributed by atoms with E-state index in [9.17, 15) is 0 Å². The first-order valence-corrected chi connectivity index (χ1v) is 4.84. The summed E-state index contributed by atoms with van der Waals surface area (Å²) < 4.78 is 0. The lowest BCUT2D eigenvalue weighted by Gasteiger charge is -2.13. The van der Waals surface area contributed by atoms with Crippen molar-refractivity contribution in [3.8, 4) is 0 Å². The molecule has 74 valence electrons. The number of allylic oxidation sites excluding steroid dienone is 5. The van der Waals surface area contributed by atoms with Gasteiger partial charge in [0.2, 0.25) is 0 Å². The molecule has 13 heavy (non-hydrogen) atoms. The summed E-state index contributed by atoms with van der Waals surface area (Å²) in [4.78, 5) is 0. The van der Waals surface area contributed by atoms with Gasteiger partial charge >= 0.3 is 0 Å². The molecule has 0 aromatic carbocycles. The van der Waals surface area contributed by atoms with Crippen LogP contribution in [0.1, 0.15) is 27.2 Å². The Bertz CT molecular complexity index is 197. The Kier molecular flexibility index (Phi) is 6.25. The Hall–Kier alpha value is -0.820. The lowest BCUT2D eigenvalue weighted by molar-refractivity contribution is 0.623. The lowest BCUT2D eigenvalue weighted by Crippen LogP contribution is -2.01. The van der Waals surface area contributed by atoms with Crippen molar-refractivity contribution in [1.82, 2.24) is 0 Å². The number of nitrogens with two attached hydrogens (primary N) is 1. The maximum absolute atomic E-state index is 5.32. The smallest absolute Gasteiger partial charge is 0.0109 e. The maximum atomic E-state index is 5.32. The summed E-state index contributed by atoms with van der Waals surface area (Å²) >= 11 is 0. The molecule has 0 amide bonds. The van der Waals surface area contributed by atoms with Crippen LogP contribution < -0.4 is 5.73 Å². The van der Waals surface area contributed by atoms with E-state index in [2.05, 4.69) is 39.0 Å². The molecule has 1 heteroatoms. The molecule has 2 N–H and O–H groups in total. The Morgan fingerprint density at radius 3 is 2.31 bits per heavy atom. The monoisotopic (exact) mass is 179 g/mol. The van der Waals surface area contributed by atoms with Crippen LogP contribution in [0.2, 0.25) is 0 Å². The molecule has 0 saturated heterocycles. The minimum atomic E-state index is 0.148. The second kappa shape index (κ2) is 6.67. The zero-order chi connectivity index (χ0) is 10.2. The van der Waals surface area contributed by atoms with Crippen LogP contribution >= 0.6 is 0 Å². The Labute approximate surface area is 82.0 Å². The van der Waals surface area contributed by atoms with Crippen molar-refractivity contribution in [1.29, 1.82) is 0 Å². The molecule has 0 bridgehead atoms. The fraction of sp³-hybridized carbons (Fsp3) is 0.500. The Balaban J connectivity index is 4.07. The van der Waals surface area contributed by atoms with Crippen LogP contribution in [0.3, 0.4) is 0 Å². The second-order valence-corrected chi connectivity index (χ2v) is 3.65. The highest BCUT2D eigenvalue weighted by molar-refractivity contribution is 5.13. The van der Waals surface area contributed by atoms with Gasteiger partial charge in [0.05, 0.1) is 0 Å². The van der Waals surface area contributed by atoms with E-state index in [1.54, 1.807) is 0 Å². The average Bonchev–Trinajstić information content (AvgIpc) is 2.09. The van der Waals surface area contributed by atoms with Gasteiger partial charge < -0.3 is 5.73 Å². The van der Waals surface area contributed by atoms with E-state index in [0.29, 0.717) is 6.54 Å². The highest BCUT2D eigenvalue weighted by Crippen LogP contribution is 2.18. The number of hydrogen-bond acceptors (Lipinski definition) is 1. The van der Waals surface area contributed by atoms with Gasteiger partial charge in [-0.25, -0.2) is 0 Å². The first kappa shape index (κ1) is 12.2. The van der Waals surface area contributed by atoms with Crippen molar-refractivity contribution in [3.05, 3.63) is 36.5 Å². The second-order valence-electron chi connectivity index (χ2n) is 3.65. The molecule has 0 heterocycles. The third-order valence-electron chi connectivity index (χ3n) is 1.69. The predicted octanol–water partition coefficient (Wildman–Crippen LogP) is 3.05. The molecular weight excluding hydrogens is 158 g/mol. The molecule has 0 atom stereocenters. The normalized spacial score (nSPS) is 13.8. The summed E-state index contributed by atoms with van der Waals surface area (Å²) in [5, 5.41) is 0. The van der Waals surface area contributed by atoms with Gasteiger partial charge in [0, 0.05) is 12.0 Å². The van der Waals surface area contributed by atoms with E-state index in [-0.39, 0.29) is 5.41 Å². The molecule has 0 fully saturated rings. The van der Waals surface area contributed by atoms with Crippen molar-refractivity contribution in [2.24, 2.45) is 11.1 Å². The molecule has 0 aliphatic carbocycles. The molecule has 0 saturated carbocycles. The summed E-state index contributed by atoms with van der Waals surface area (Å²) in [7, 11) is 0. The SMILES string of the molecule is CC/C=C\C(C)(C)/C=C\C=C/CN. The van der Waals surface area contributed by atoms with Crippen molar-refractivity contribution in [2.45, 2.75) is 27.2 Å². The summed E-state index contributed by atoms with van der Waals surface area (Å²) in [5.41, 5.74) is 5.47. The predicted molar refractivity (Wildman–Crippen MR) is 60.5 cm³/mol. The van der Waals surface area contributed by atoms with Crippen LogP contribution in [-0.2, 0) is 0 Å². The van der Waals surface area contributed by atoms with Gasteiger partial charge in [0.1, 0.15) is 0 Å². The van der Waals surface area contributed by atoms with Gasteiger partial charge in [0.25, 0.3) is 0 Å². The average molecular weight is 179 g/mol. The zero-order valence-corrected chi connectivity index (χ0v) is 8.96. The van der Waals surface area contributed by atoms with Gasteiger partial charge in [-0.1, -0.05) is 57.2 Å². The fourth-order valence-corrected chi connectivity index (χ4v) is 0.938. The van der Waals surface area contributed by atoms with E-state index in [4.69, 9.17) is 5.73 Å². The van der Waals surface area contributed by atoms with Crippen LogP contribution in [0.5, 0.6) is 0 Å². The Morgan fingerprint density at radius 1 is 1.08 bits per heavy atom. The minimum Gasteiger partial charge on any atom is -0.327 e. The summed E-state index contributed by atoms with van der Waals surface area (Å²) in [5.74, 6) is 0. The van der Waals surface area contributed by atoms with Crippen molar-refractivity contribution >= 4 is 0 Å². The van der Waals surface area contributed by atoms with Gasteiger partial charge in [-0.15, -0.1) is 0 Å². The molecule has 0 radical (unpaired) electrons. The van der Waals surface area contributed by atoms with E-state index >= 15 is 0 Å².